The van der Waals surface area contributed by atoms with Crippen molar-refractivity contribution >= 4 is 12.8 Å². The van der Waals surface area contributed by atoms with Crippen molar-refractivity contribution < 1.29 is 9.59 Å². The normalized spacial score (nSPS) is 24.6. The maximum absolute atomic E-state index is 12.0. The third-order valence-corrected chi connectivity index (χ3v) is 7.73. The van der Waals surface area contributed by atoms with Gasteiger partial charge in [-0.2, -0.15) is 0 Å². The third kappa shape index (κ3) is 6.25. The van der Waals surface area contributed by atoms with Gasteiger partial charge in [0.15, 0.2) is 0 Å². The standard InChI is InChI=1S/C26H50N4O2/c1-23(2)15-13-16-24(3,4)29(23)27(21-31)19-11-9-10-12-20-28(22-32)30-25(5,6)17-14-18-26(30,7)8/h21-22H,9-20H2,1-8H3. The molecule has 2 aliphatic rings. The Hall–Kier alpha value is -1.14. The number of amides is 2. The van der Waals surface area contributed by atoms with E-state index in [2.05, 4.69) is 65.4 Å². The van der Waals surface area contributed by atoms with Gasteiger partial charge < -0.3 is 0 Å². The lowest BCUT2D eigenvalue weighted by Crippen LogP contribution is -2.65. The van der Waals surface area contributed by atoms with Crippen molar-refractivity contribution in [3.05, 3.63) is 0 Å². The third-order valence-electron chi connectivity index (χ3n) is 7.73. The monoisotopic (exact) mass is 450 g/mol. The van der Waals surface area contributed by atoms with Gasteiger partial charge in [0.05, 0.1) is 0 Å². The quantitative estimate of drug-likeness (QED) is 0.313. The number of unbranched alkanes of at least 4 members (excludes halogenated alkanes) is 3. The van der Waals surface area contributed by atoms with Crippen LogP contribution in [0.5, 0.6) is 0 Å². The Kier molecular flexibility index (Phi) is 8.82. The summed E-state index contributed by atoms with van der Waals surface area (Å²) >= 11 is 0. The summed E-state index contributed by atoms with van der Waals surface area (Å²) in [5.41, 5.74) is 0.00465. The molecule has 0 saturated carbocycles. The molecule has 186 valence electrons. The molecule has 2 rings (SSSR count). The van der Waals surface area contributed by atoms with Crippen LogP contribution in [0.15, 0.2) is 0 Å². The molecular formula is C26H50N4O2. The summed E-state index contributed by atoms with van der Waals surface area (Å²) in [5.74, 6) is 0. The highest BCUT2D eigenvalue weighted by molar-refractivity contribution is 5.47. The summed E-state index contributed by atoms with van der Waals surface area (Å²) < 4.78 is 0. The van der Waals surface area contributed by atoms with Gasteiger partial charge in [-0.25, -0.2) is 10.0 Å². The number of nitrogens with zero attached hydrogens (tertiary/aromatic N) is 4. The minimum atomic E-state index is 0.00116. The molecular weight excluding hydrogens is 400 g/mol. The van der Waals surface area contributed by atoms with Crippen molar-refractivity contribution in [2.24, 2.45) is 0 Å². The number of hydrazine groups is 2. The van der Waals surface area contributed by atoms with Gasteiger partial charge in [-0.05, 0) is 107 Å². The van der Waals surface area contributed by atoms with Crippen molar-refractivity contribution in [3.63, 3.8) is 0 Å². The van der Waals surface area contributed by atoms with Crippen LogP contribution in [-0.2, 0) is 9.59 Å². The minimum absolute atomic E-state index is 0.00116. The van der Waals surface area contributed by atoms with Crippen molar-refractivity contribution in [2.75, 3.05) is 13.1 Å². The largest absolute Gasteiger partial charge is 0.277 e. The summed E-state index contributed by atoms with van der Waals surface area (Å²) in [6, 6.07) is 0. The zero-order valence-corrected chi connectivity index (χ0v) is 22.2. The molecule has 0 atom stereocenters. The Morgan fingerprint density at radius 3 is 1.09 bits per heavy atom. The molecule has 6 nitrogen and oxygen atoms in total. The number of carbonyl (C=O) groups is 2. The second-order valence-electron chi connectivity index (χ2n) is 12.5. The lowest BCUT2D eigenvalue weighted by Gasteiger charge is -2.56. The molecule has 0 aromatic carbocycles. The van der Waals surface area contributed by atoms with Crippen molar-refractivity contribution in [2.45, 2.75) is 142 Å². The first-order valence-electron chi connectivity index (χ1n) is 12.8. The molecule has 6 heteroatoms. The van der Waals surface area contributed by atoms with Crippen molar-refractivity contribution in [3.8, 4) is 0 Å². The van der Waals surface area contributed by atoms with E-state index in [0.29, 0.717) is 0 Å². The van der Waals surface area contributed by atoms with Crippen LogP contribution in [0.4, 0.5) is 0 Å². The van der Waals surface area contributed by atoms with Crippen LogP contribution in [0, 0.1) is 0 Å². The van der Waals surface area contributed by atoms with Crippen LogP contribution < -0.4 is 0 Å². The van der Waals surface area contributed by atoms with Crippen LogP contribution in [-0.4, -0.2) is 68.1 Å². The highest BCUT2D eigenvalue weighted by atomic mass is 16.2. The summed E-state index contributed by atoms with van der Waals surface area (Å²) in [4.78, 5) is 23.9. The van der Waals surface area contributed by atoms with Gasteiger partial charge in [0.2, 0.25) is 12.8 Å². The molecule has 2 amide bonds. The molecule has 0 bridgehead atoms. The highest BCUT2D eigenvalue weighted by Crippen LogP contribution is 2.40. The SMILES string of the molecule is CC1(C)CCCC(C)(C)N1N(C=O)CCCCCCN(C=O)N1C(C)(C)CCCC1(C)C. The van der Waals surface area contributed by atoms with Gasteiger partial charge in [-0.15, -0.1) is 0 Å². The van der Waals surface area contributed by atoms with Gasteiger partial charge in [0.25, 0.3) is 0 Å². The molecule has 0 unspecified atom stereocenters. The number of hydrogen-bond donors (Lipinski definition) is 0. The van der Waals surface area contributed by atoms with Crippen LogP contribution in [0.1, 0.15) is 120 Å². The average Bonchev–Trinajstić information content (AvgIpc) is 2.65. The van der Waals surface area contributed by atoms with E-state index in [-0.39, 0.29) is 22.2 Å². The molecule has 2 fully saturated rings. The molecule has 2 aliphatic heterocycles. The smallest absolute Gasteiger partial charge is 0.224 e. The van der Waals surface area contributed by atoms with Crippen LogP contribution in [0.25, 0.3) is 0 Å². The Morgan fingerprint density at radius 1 is 0.562 bits per heavy atom. The fraction of sp³-hybridized carbons (Fsp3) is 0.923. The highest BCUT2D eigenvalue weighted by Gasteiger charge is 2.45. The summed E-state index contributed by atoms with van der Waals surface area (Å²) in [6.45, 7) is 19.5. The number of hydrogen-bond acceptors (Lipinski definition) is 4. The van der Waals surface area contributed by atoms with Crippen LogP contribution in [0.2, 0.25) is 0 Å². The van der Waals surface area contributed by atoms with E-state index in [9.17, 15) is 9.59 Å². The van der Waals surface area contributed by atoms with E-state index in [4.69, 9.17) is 0 Å². The molecule has 0 aromatic heterocycles. The van der Waals surface area contributed by atoms with E-state index in [1.54, 1.807) is 0 Å². The first-order valence-corrected chi connectivity index (χ1v) is 12.8. The fourth-order valence-corrected chi connectivity index (χ4v) is 6.66. The predicted octanol–water partition coefficient (Wildman–Crippen LogP) is 5.38. The summed E-state index contributed by atoms with van der Waals surface area (Å²) in [6.07, 6.45) is 13.0. The van der Waals surface area contributed by atoms with E-state index in [0.717, 1.165) is 77.3 Å². The number of carbonyl (C=O) groups excluding carboxylic acids is 2. The maximum atomic E-state index is 12.0. The van der Waals surface area contributed by atoms with Gasteiger partial charge in [-0.3, -0.25) is 19.6 Å². The second-order valence-corrected chi connectivity index (χ2v) is 12.5. The average molecular weight is 451 g/mol. The van der Waals surface area contributed by atoms with Crippen LogP contribution >= 0.6 is 0 Å². The Morgan fingerprint density at radius 2 is 0.844 bits per heavy atom. The van der Waals surface area contributed by atoms with E-state index in [1.807, 2.05) is 10.0 Å². The maximum Gasteiger partial charge on any atom is 0.224 e. The topological polar surface area (TPSA) is 47.1 Å². The molecule has 0 N–H and O–H groups in total. The fourth-order valence-electron chi connectivity index (χ4n) is 6.66. The number of rotatable bonds is 11. The molecule has 0 aromatic rings. The van der Waals surface area contributed by atoms with Crippen molar-refractivity contribution in [1.82, 2.24) is 20.0 Å². The van der Waals surface area contributed by atoms with Gasteiger partial charge in [0.1, 0.15) is 0 Å². The predicted molar refractivity (Wildman–Crippen MR) is 132 cm³/mol. The molecule has 0 spiro atoms. The van der Waals surface area contributed by atoms with E-state index in [1.165, 1.54) is 12.8 Å². The molecule has 0 aliphatic carbocycles. The zero-order valence-electron chi connectivity index (χ0n) is 22.2. The molecule has 2 heterocycles. The van der Waals surface area contributed by atoms with Gasteiger partial charge in [0, 0.05) is 35.2 Å². The van der Waals surface area contributed by atoms with Crippen LogP contribution in [0.3, 0.4) is 0 Å². The lowest BCUT2D eigenvalue weighted by atomic mass is 9.81. The lowest BCUT2D eigenvalue weighted by molar-refractivity contribution is -0.185. The summed E-state index contributed by atoms with van der Waals surface area (Å²) in [5, 5.41) is 8.50. The first kappa shape index (κ1) is 27.1. The zero-order chi connectivity index (χ0) is 24.2. The van der Waals surface area contributed by atoms with Crippen molar-refractivity contribution in [1.29, 1.82) is 0 Å². The molecule has 0 radical (unpaired) electrons. The molecule has 2 saturated heterocycles. The number of piperidine rings is 2. The molecule has 32 heavy (non-hydrogen) atoms. The first-order chi connectivity index (χ1) is 14.8. The van der Waals surface area contributed by atoms with Gasteiger partial charge in [-0.1, -0.05) is 12.8 Å². The van der Waals surface area contributed by atoms with Gasteiger partial charge >= 0.3 is 0 Å². The Balaban J connectivity index is 1.84. The van der Waals surface area contributed by atoms with E-state index >= 15 is 0 Å². The minimum Gasteiger partial charge on any atom is -0.277 e. The Labute approximate surface area is 197 Å². The summed E-state index contributed by atoms with van der Waals surface area (Å²) in [7, 11) is 0. The Bertz CT molecular complexity index is 543. The second kappa shape index (κ2) is 10.4. The van der Waals surface area contributed by atoms with E-state index < -0.39 is 0 Å².